The van der Waals surface area contributed by atoms with E-state index < -0.39 is 18.3 Å². The van der Waals surface area contributed by atoms with E-state index in [-0.39, 0.29) is 18.2 Å². The van der Waals surface area contributed by atoms with Crippen LogP contribution in [0.3, 0.4) is 0 Å². The molecular formula is C25H32BNO4. The van der Waals surface area contributed by atoms with E-state index >= 15 is 0 Å². The van der Waals surface area contributed by atoms with Crippen LogP contribution in [0.5, 0.6) is 0 Å². The summed E-state index contributed by atoms with van der Waals surface area (Å²) in [5, 5.41) is 0. The molecule has 0 bridgehead atoms. The Kier molecular flexibility index (Phi) is 5.43. The van der Waals surface area contributed by atoms with Crippen LogP contribution in [0.2, 0.25) is 0 Å². The van der Waals surface area contributed by atoms with Crippen molar-refractivity contribution in [3.63, 3.8) is 0 Å². The Hall–Kier alpha value is -2.31. The highest BCUT2D eigenvalue weighted by atomic mass is 16.7. The summed E-state index contributed by atoms with van der Waals surface area (Å²) in [6.45, 7) is 13.2. The molecular weight excluding hydrogens is 389 g/mol. The second kappa shape index (κ2) is 7.68. The van der Waals surface area contributed by atoms with Gasteiger partial charge in [-0.05, 0) is 70.1 Å². The summed E-state index contributed by atoms with van der Waals surface area (Å²) >= 11 is 0. The number of carbonyl (C=O) groups excluding carboxylic acids is 1. The molecule has 0 unspecified atom stereocenters. The van der Waals surface area contributed by atoms with Gasteiger partial charge in [0, 0.05) is 12.1 Å². The Morgan fingerprint density at radius 1 is 0.968 bits per heavy atom. The highest BCUT2D eigenvalue weighted by Gasteiger charge is 2.53. The van der Waals surface area contributed by atoms with Crippen molar-refractivity contribution in [1.29, 1.82) is 0 Å². The zero-order valence-electron chi connectivity index (χ0n) is 19.4. The largest absolute Gasteiger partial charge is 0.495 e. The van der Waals surface area contributed by atoms with Crippen LogP contribution >= 0.6 is 0 Å². The molecule has 0 aliphatic carbocycles. The van der Waals surface area contributed by atoms with Crippen molar-refractivity contribution in [2.45, 2.75) is 77.9 Å². The minimum absolute atomic E-state index is 0.271. The van der Waals surface area contributed by atoms with Gasteiger partial charge < -0.3 is 14.0 Å². The van der Waals surface area contributed by atoms with Crippen LogP contribution in [-0.4, -0.2) is 34.9 Å². The number of ether oxygens (including phenoxy) is 1. The lowest BCUT2D eigenvalue weighted by molar-refractivity contribution is 0.00578. The molecule has 5 nitrogen and oxygen atoms in total. The molecule has 0 radical (unpaired) electrons. The molecule has 2 aliphatic heterocycles. The van der Waals surface area contributed by atoms with Crippen LogP contribution in [0.1, 0.15) is 58.2 Å². The molecule has 2 aromatic rings. The number of hydrogen-bond donors (Lipinski definition) is 0. The summed E-state index contributed by atoms with van der Waals surface area (Å²) in [6, 6.07) is 15.9. The molecule has 6 heteroatoms. The molecule has 0 spiro atoms. The van der Waals surface area contributed by atoms with Crippen LogP contribution in [0.4, 0.5) is 4.79 Å². The summed E-state index contributed by atoms with van der Waals surface area (Å²) in [4.78, 5) is 14.8. The second-order valence-corrected chi connectivity index (χ2v) is 10.2. The zero-order valence-corrected chi connectivity index (χ0v) is 19.4. The fourth-order valence-electron chi connectivity index (χ4n) is 4.23. The van der Waals surface area contributed by atoms with Crippen molar-refractivity contribution in [2.24, 2.45) is 0 Å². The Morgan fingerprint density at radius 2 is 1.61 bits per heavy atom. The Bertz CT molecular complexity index is 955. The van der Waals surface area contributed by atoms with E-state index in [4.69, 9.17) is 14.0 Å². The van der Waals surface area contributed by atoms with Gasteiger partial charge in [0.05, 0.1) is 11.2 Å². The van der Waals surface area contributed by atoms with Gasteiger partial charge in [-0.25, -0.2) is 4.79 Å². The number of amides is 1. The van der Waals surface area contributed by atoms with Crippen LogP contribution in [0.25, 0.3) is 0 Å². The molecule has 31 heavy (non-hydrogen) atoms. The maximum atomic E-state index is 13.0. The maximum Gasteiger partial charge on any atom is 0.495 e. The number of benzene rings is 2. The van der Waals surface area contributed by atoms with Gasteiger partial charge in [0.25, 0.3) is 0 Å². The van der Waals surface area contributed by atoms with E-state index in [0.717, 1.165) is 16.6 Å². The minimum atomic E-state index is -0.410. The monoisotopic (exact) mass is 421 g/mol. The van der Waals surface area contributed by atoms with Crippen LogP contribution in [0, 0.1) is 0 Å². The number of fused-ring (bicyclic) bond motifs is 1. The van der Waals surface area contributed by atoms with Crippen molar-refractivity contribution in [2.75, 3.05) is 0 Å². The predicted octanol–water partition coefficient (Wildman–Crippen LogP) is 4.46. The molecule has 4 rings (SSSR count). The minimum Gasteiger partial charge on any atom is -0.445 e. The Balaban J connectivity index is 1.55. The third kappa shape index (κ3) is 4.11. The number of nitrogens with zero attached hydrogens (tertiary/aromatic N) is 1. The number of hydrogen-bond acceptors (Lipinski definition) is 4. The van der Waals surface area contributed by atoms with E-state index in [2.05, 4.69) is 53.7 Å². The third-order valence-corrected chi connectivity index (χ3v) is 6.91. The van der Waals surface area contributed by atoms with Crippen molar-refractivity contribution in [1.82, 2.24) is 4.90 Å². The normalized spacial score (nSPS) is 21.0. The van der Waals surface area contributed by atoms with Crippen molar-refractivity contribution in [3.8, 4) is 0 Å². The first-order valence-corrected chi connectivity index (χ1v) is 10.9. The first kappa shape index (κ1) is 21.9. The molecule has 0 atom stereocenters. The Morgan fingerprint density at radius 3 is 2.26 bits per heavy atom. The SMILES string of the molecule is CC1(C)Cc2c(cccc2B2OC(C)(C)C(C)(C)O2)CN1C(=O)OCc1ccccc1. The average molecular weight is 421 g/mol. The predicted molar refractivity (Wildman–Crippen MR) is 122 cm³/mol. The Labute approximate surface area is 185 Å². The summed E-state index contributed by atoms with van der Waals surface area (Å²) in [5.74, 6) is 0. The lowest BCUT2D eigenvalue weighted by Crippen LogP contribution is -2.53. The van der Waals surface area contributed by atoms with E-state index in [1.54, 1.807) is 0 Å². The van der Waals surface area contributed by atoms with Gasteiger partial charge in [-0.1, -0.05) is 48.5 Å². The highest BCUT2D eigenvalue weighted by molar-refractivity contribution is 6.62. The van der Waals surface area contributed by atoms with E-state index in [1.165, 1.54) is 5.56 Å². The smallest absolute Gasteiger partial charge is 0.445 e. The average Bonchev–Trinajstić information content (AvgIpc) is 2.92. The zero-order chi connectivity index (χ0) is 22.4. The summed E-state index contributed by atoms with van der Waals surface area (Å²) in [7, 11) is -0.410. The molecule has 0 saturated carbocycles. The van der Waals surface area contributed by atoms with Crippen molar-refractivity contribution >= 4 is 18.7 Å². The fraction of sp³-hybridized carbons (Fsp3) is 0.480. The molecule has 0 aromatic heterocycles. The third-order valence-electron chi connectivity index (χ3n) is 6.91. The second-order valence-electron chi connectivity index (χ2n) is 10.2. The molecule has 2 heterocycles. The topological polar surface area (TPSA) is 48.0 Å². The first-order chi connectivity index (χ1) is 14.5. The van der Waals surface area contributed by atoms with Crippen LogP contribution in [0.15, 0.2) is 48.5 Å². The molecule has 0 N–H and O–H groups in total. The number of rotatable bonds is 3. The molecule has 164 valence electrons. The van der Waals surface area contributed by atoms with Gasteiger partial charge in [0.1, 0.15) is 6.61 Å². The van der Waals surface area contributed by atoms with Gasteiger partial charge in [0.2, 0.25) is 0 Å². The fourth-order valence-corrected chi connectivity index (χ4v) is 4.23. The lowest BCUT2D eigenvalue weighted by Gasteiger charge is -2.43. The first-order valence-electron chi connectivity index (χ1n) is 10.9. The highest BCUT2D eigenvalue weighted by Crippen LogP contribution is 2.38. The summed E-state index contributed by atoms with van der Waals surface area (Å²) in [5.41, 5.74) is 3.19. The molecule has 1 fully saturated rings. The molecule has 1 saturated heterocycles. The standard InChI is InChI=1S/C25H32BNO4/c1-23(2)15-20-19(16-27(23)22(28)29-17-18-11-8-7-9-12-18)13-10-14-21(20)26-30-24(3,4)25(5,6)31-26/h7-14H,15-17H2,1-6H3. The van der Waals surface area contributed by atoms with E-state index in [9.17, 15) is 4.79 Å². The van der Waals surface area contributed by atoms with Gasteiger partial charge in [-0.2, -0.15) is 0 Å². The molecule has 2 aliphatic rings. The van der Waals surface area contributed by atoms with Gasteiger partial charge in [-0.15, -0.1) is 0 Å². The van der Waals surface area contributed by atoms with Crippen molar-refractivity contribution in [3.05, 3.63) is 65.2 Å². The molecule has 2 aromatic carbocycles. The van der Waals surface area contributed by atoms with Crippen LogP contribution in [-0.2, 0) is 33.6 Å². The van der Waals surface area contributed by atoms with Crippen LogP contribution < -0.4 is 5.46 Å². The quantitative estimate of drug-likeness (QED) is 0.687. The van der Waals surface area contributed by atoms with E-state index in [1.807, 2.05) is 41.3 Å². The summed E-state index contributed by atoms with van der Waals surface area (Å²) < 4.78 is 18.3. The van der Waals surface area contributed by atoms with Gasteiger partial charge in [0.15, 0.2) is 0 Å². The van der Waals surface area contributed by atoms with Crippen molar-refractivity contribution < 1.29 is 18.8 Å². The van der Waals surface area contributed by atoms with E-state index in [0.29, 0.717) is 13.0 Å². The molecule has 1 amide bonds. The van der Waals surface area contributed by atoms with Gasteiger partial charge in [-0.3, -0.25) is 4.90 Å². The number of carbonyl (C=O) groups is 1. The lowest BCUT2D eigenvalue weighted by atomic mass is 9.70. The maximum absolute atomic E-state index is 13.0. The van der Waals surface area contributed by atoms with Gasteiger partial charge >= 0.3 is 13.2 Å². The summed E-state index contributed by atoms with van der Waals surface area (Å²) in [6.07, 6.45) is 0.420.